The maximum Gasteiger partial charge on any atom is 0.238 e. The molecule has 0 aliphatic carbocycles. The topological polar surface area (TPSA) is 164 Å². The number of aryl methyl sites for hydroxylation is 1. The lowest BCUT2D eigenvalue weighted by molar-refractivity contribution is 0.582. The van der Waals surface area contributed by atoms with Gasteiger partial charge in [-0.05, 0) is 102 Å². The van der Waals surface area contributed by atoms with Gasteiger partial charge in [-0.2, -0.15) is 0 Å². The monoisotopic (exact) mass is 704 g/mol. The van der Waals surface area contributed by atoms with Crippen LogP contribution in [0.3, 0.4) is 0 Å². The molecule has 4 N–H and O–H groups in total. The second kappa shape index (κ2) is 14.4. The first-order valence-electron chi connectivity index (χ1n) is 15.2. The van der Waals surface area contributed by atoms with Crippen molar-refractivity contribution in [1.29, 1.82) is 0 Å². The van der Waals surface area contributed by atoms with E-state index in [1.54, 1.807) is 43.0 Å². The molecular formula is C38H32N4O6S2. The van der Waals surface area contributed by atoms with Crippen LogP contribution in [0.4, 0.5) is 5.69 Å². The fourth-order valence-electron chi connectivity index (χ4n) is 5.12. The van der Waals surface area contributed by atoms with Crippen LogP contribution in [0.1, 0.15) is 11.1 Å². The largest absolute Gasteiger partial charge is 0.464 e. The Bertz CT molecular complexity index is 2430. The normalized spacial score (nSPS) is 11.7. The quantitative estimate of drug-likeness (QED) is 0.154. The molecule has 7 rings (SSSR count). The van der Waals surface area contributed by atoms with Crippen molar-refractivity contribution in [2.75, 3.05) is 0 Å². The highest BCUT2D eigenvalue weighted by atomic mass is 32.2. The summed E-state index contributed by atoms with van der Waals surface area (Å²) in [5, 5.41) is 10.2. The number of aromatic nitrogens is 1. The van der Waals surface area contributed by atoms with E-state index < -0.39 is 20.0 Å². The molecule has 0 amide bonds. The Kier molecular flexibility index (Phi) is 9.79. The maximum atomic E-state index is 11.5. The molecule has 3 heterocycles. The van der Waals surface area contributed by atoms with Crippen molar-refractivity contribution in [3.63, 3.8) is 0 Å². The SMILES string of the molecule is Cc1cc(-c2ccc(-c3ccco3)cc2)n(-c2ccc(S(N)(=O)=O)cc2)c1.NS(=O)(=O)c1ccc(/N=C/c2ccc(-c3ccco3)cc2)cc1. The standard InChI is InChI=1S/C21H18N2O3S.C17H14N2O3S/c1-15-13-20(16-4-6-17(7-5-16)21-3-2-12-26-21)23(14-15)18-8-10-19(11-9-18)27(22,24)25;18-23(20,21)16-9-7-15(8-10-16)19-12-13-3-5-14(6-4-13)17-2-1-11-22-17/h2-14H,1H3,(H2,22,24,25);1-12H,(H2,18,20,21)/b;19-12+. The van der Waals surface area contributed by atoms with Crippen molar-refractivity contribution in [3.8, 4) is 39.6 Å². The molecule has 0 aliphatic rings. The molecule has 0 bridgehead atoms. The third-order valence-corrected chi connectivity index (χ3v) is 9.49. The van der Waals surface area contributed by atoms with E-state index >= 15 is 0 Å². The summed E-state index contributed by atoms with van der Waals surface area (Å²) >= 11 is 0. The number of nitrogens with zero attached hydrogens (tertiary/aromatic N) is 2. The number of rotatable bonds is 8. The second-order valence-electron chi connectivity index (χ2n) is 11.3. The van der Waals surface area contributed by atoms with Gasteiger partial charge in [0.1, 0.15) is 11.5 Å². The maximum absolute atomic E-state index is 11.5. The first-order valence-corrected chi connectivity index (χ1v) is 18.3. The number of nitrogens with two attached hydrogens (primary N) is 2. The predicted octanol–water partition coefficient (Wildman–Crippen LogP) is 7.70. The summed E-state index contributed by atoms with van der Waals surface area (Å²) < 4.78 is 58.1. The molecule has 7 aromatic rings. The van der Waals surface area contributed by atoms with Crippen LogP contribution in [-0.2, 0) is 20.0 Å². The smallest absolute Gasteiger partial charge is 0.238 e. The van der Waals surface area contributed by atoms with Crippen molar-refractivity contribution in [1.82, 2.24) is 4.57 Å². The number of primary sulfonamides is 2. The summed E-state index contributed by atoms with van der Waals surface area (Å²) in [7, 11) is -7.38. The van der Waals surface area contributed by atoms with Crippen LogP contribution in [-0.4, -0.2) is 27.6 Å². The van der Waals surface area contributed by atoms with E-state index in [4.69, 9.17) is 19.1 Å². The minimum atomic E-state index is -3.70. The van der Waals surface area contributed by atoms with Gasteiger partial charge >= 0.3 is 0 Å². The van der Waals surface area contributed by atoms with E-state index in [9.17, 15) is 16.8 Å². The van der Waals surface area contributed by atoms with E-state index in [1.165, 1.54) is 24.3 Å². The summed E-state index contributed by atoms with van der Waals surface area (Å²) in [4.78, 5) is 4.47. The van der Waals surface area contributed by atoms with Gasteiger partial charge in [0.25, 0.3) is 0 Å². The Morgan fingerprint density at radius 2 is 1.10 bits per heavy atom. The summed E-state index contributed by atoms with van der Waals surface area (Å²) in [6.45, 7) is 2.02. The van der Waals surface area contributed by atoms with E-state index in [1.807, 2.05) is 90.5 Å². The van der Waals surface area contributed by atoms with E-state index in [2.05, 4.69) is 11.1 Å². The molecule has 10 nitrogen and oxygen atoms in total. The molecule has 0 aliphatic heterocycles. The first kappa shape index (κ1) is 34.1. The van der Waals surface area contributed by atoms with Crippen molar-refractivity contribution >= 4 is 31.9 Å². The molecule has 0 saturated carbocycles. The second-order valence-corrected chi connectivity index (χ2v) is 14.4. The molecular weight excluding hydrogens is 673 g/mol. The molecule has 0 spiro atoms. The summed E-state index contributed by atoms with van der Waals surface area (Å²) in [5.74, 6) is 1.64. The van der Waals surface area contributed by atoms with Crippen LogP contribution in [0, 0.1) is 6.92 Å². The average molecular weight is 705 g/mol. The average Bonchev–Trinajstić information content (AvgIpc) is 3.91. The van der Waals surface area contributed by atoms with Gasteiger partial charge in [-0.1, -0.05) is 48.5 Å². The highest BCUT2D eigenvalue weighted by Gasteiger charge is 2.12. The van der Waals surface area contributed by atoms with Gasteiger partial charge in [-0.15, -0.1) is 0 Å². The Balaban J connectivity index is 0.000000175. The fraction of sp³-hybridized carbons (Fsp3) is 0.0263. The van der Waals surface area contributed by atoms with Gasteiger partial charge in [0.15, 0.2) is 0 Å². The van der Waals surface area contributed by atoms with Crippen LogP contribution < -0.4 is 10.3 Å². The molecule has 50 heavy (non-hydrogen) atoms. The third kappa shape index (κ3) is 8.25. The van der Waals surface area contributed by atoms with E-state index in [-0.39, 0.29) is 9.79 Å². The fourth-order valence-corrected chi connectivity index (χ4v) is 6.15. The van der Waals surface area contributed by atoms with Gasteiger partial charge in [-0.25, -0.2) is 27.1 Å². The molecule has 0 unspecified atom stereocenters. The number of hydrogen-bond acceptors (Lipinski definition) is 7. The summed E-state index contributed by atoms with van der Waals surface area (Å²) in [6.07, 6.45) is 7.01. The zero-order chi connectivity index (χ0) is 35.3. The Hall–Kier alpha value is -5.79. The minimum absolute atomic E-state index is 0.0688. The first-order chi connectivity index (χ1) is 23.9. The zero-order valence-electron chi connectivity index (χ0n) is 26.7. The number of hydrogen-bond donors (Lipinski definition) is 2. The number of sulfonamides is 2. The molecule has 252 valence electrons. The molecule has 4 aromatic carbocycles. The molecule has 12 heteroatoms. The molecule has 0 fully saturated rings. The summed E-state index contributed by atoms with van der Waals surface area (Å²) in [6, 6.07) is 38.1. The molecule has 0 radical (unpaired) electrons. The highest BCUT2D eigenvalue weighted by molar-refractivity contribution is 7.89. The minimum Gasteiger partial charge on any atom is -0.464 e. The predicted molar refractivity (Wildman–Crippen MR) is 194 cm³/mol. The Morgan fingerprint density at radius 3 is 1.58 bits per heavy atom. The van der Waals surface area contributed by atoms with E-state index in [0.29, 0.717) is 5.69 Å². The molecule has 3 aromatic heterocycles. The van der Waals surface area contributed by atoms with Crippen molar-refractivity contribution in [3.05, 3.63) is 157 Å². The van der Waals surface area contributed by atoms with Gasteiger partial charge in [0, 0.05) is 29.2 Å². The lowest BCUT2D eigenvalue weighted by Crippen LogP contribution is -2.12. The molecule has 0 atom stereocenters. The number of furan rings is 2. The Morgan fingerprint density at radius 1 is 0.620 bits per heavy atom. The highest BCUT2D eigenvalue weighted by Crippen LogP contribution is 2.29. The van der Waals surface area contributed by atoms with Crippen molar-refractivity contribution < 1.29 is 25.7 Å². The van der Waals surface area contributed by atoms with Crippen LogP contribution in [0.5, 0.6) is 0 Å². The van der Waals surface area contributed by atoms with Crippen LogP contribution >= 0.6 is 0 Å². The zero-order valence-corrected chi connectivity index (χ0v) is 28.4. The van der Waals surface area contributed by atoms with Crippen molar-refractivity contribution in [2.45, 2.75) is 16.7 Å². The lowest BCUT2D eigenvalue weighted by Gasteiger charge is -2.10. The van der Waals surface area contributed by atoms with Gasteiger partial charge < -0.3 is 13.4 Å². The molecule has 0 saturated heterocycles. The Labute approximate surface area is 290 Å². The summed E-state index contributed by atoms with van der Waals surface area (Å²) in [5.41, 5.74) is 7.61. The van der Waals surface area contributed by atoms with Gasteiger partial charge in [-0.3, -0.25) is 4.99 Å². The van der Waals surface area contributed by atoms with Crippen LogP contribution in [0.2, 0.25) is 0 Å². The lowest BCUT2D eigenvalue weighted by atomic mass is 10.1. The van der Waals surface area contributed by atoms with Crippen LogP contribution in [0.15, 0.2) is 170 Å². The van der Waals surface area contributed by atoms with E-state index in [0.717, 1.165) is 50.7 Å². The van der Waals surface area contributed by atoms with Gasteiger partial charge in [0.05, 0.1) is 33.7 Å². The van der Waals surface area contributed by atoms with Crippen molar-refractivity contribution in [2.24, 2.45) is 15.3 Å². The number of aliphatic imine (C=N–C) groups is 1. The van der Waals surface area contributed by atoms with Gasteiger partial charge in [0.2, 0.25) is 20.0 Å². The third-order valence-electron chi connectivity index (χ3n) is 7.63. The number of benzene rings is 4. The van der Waals surface area contributed by atoms with Crippen LogP contribution in [0.25, 0.3) is 39.6 Å².